The van der Waals surface area contributed by atoms with E-state index in [4.69, 9.17) is 0 Å². The standard InChI is InChI=1S/C25H29N/c1-25(2,3)23-16-14-20(15-17-23)18-26(4)19-22-12-8-9-13-24(22)21-10-6-5-7-11-21/h5-17H,18-19H2,1-4H3. The third kappa shape index (κ3) is 4.62. The molecule has 0 aliphatic heterocycles. The van der Waals surface area contributed by atoms with Crippen LogP contribution in [0, 0.1) is 0 Å². The third-order valence-corrected chi connectivity index (χ3v) is 4.81. The molecule has 0 unspecified atom stereocenters. The van der Waals surface area contributed by atoms with Crippen molar-refractivity contribution in [3.8, 4) is 11.1 Å². The van der Waals surface area contributed by atoms with Gasteiger partial charge in [0.25, 0.3) is 0 Å². The van der Waals surface area contributed by atoms with Gasteiger partial charge in [-0.3, -0.25) is 4.90 Å². The van der Waals surface area contributed by atoms with E-state index in [0.29, 0.717) is 0 Å². The van der Waals surface area contributed by atoms with Gasteiger partial charge in [0.1, 0.15) is 0 Å². The van der Waals surface area contributed by atoms with Crippen molar-refractivity contribution in [2.24, 2.45) is 0 Å². The van der Waals surface area contributed by atoms with Crippen LogP contribution in [0.2, 0.25) is 0 Å². The van der Waals surface area contributed by atoms with E-state index >= 15 is 0 Å². The van der Waals surface area contributed by atoms with E-state index in [2.05, 4.69) is 112 Å². The number of benzene rings is 3. The van der Waals surface area contributed by atoms with Crippen molar-refractivity contribution in [1.29, 1.82) is 0 Å². The molecule has 0 aliphatic rings. The molecule has 0 saturated carbocycles. The summed E-state index contributed by atoms with van der Waals surface area (Å²) in [6.45, 7) is 8.66. The Bertz CT molecular complexity index is 826. The fraction of sp³-hybridized carbons (Fsp3) is 0.280. The van der Waals surface area contributed by atoms with Gasteiger partial charge in [0, 0.05) is 13.1 Å². The summed E-state index contributed by atoms with van der Waals surface area (Å²) < 4.78 is 0. The van der Waals surface area contributed by atoms with Gasteiger partial charge in [0.05, 0.1) is 0 Å². The Morgan fingerprint density at radius 1 is 0.692 bits per heavy atom. The van der Waals surface area contributed by atoms with Gasteiger partial charge in [-0.1, -0.05) is 99.6 Å². The van der Waals surface area contributed by atoms with Crippen molar-refractivity contribution in [3.63, 3.8) is 0 Å². The zero-order valence-corrected chi connectivity index (χ0v) is 16.4. The van der Waals surface area contributed by atoms with E-state index < -0.39 is 0 Å². The first-order chi connectivity index (χ1) is 12.4. The number of nitrogens with zero attached hydrogens (tertiary/aromatic N) is 1. The van der Waals surface area contributed by atoms with Crippen LogP contribution in [0.25, 0.3) is 11.1 Å². The molecule has 0 fully saturated rings. The SMILES string of the molecule is CN(Cc1ccc(C(C)(C)C)cc1)Cc1ccccc1-c1ccccc1. The Labute approximate surface area is 158 Å². The fourth-order valence-electron chi connectivity index (χ4n) is 3.33. The Hall–Kier alpha value is -2.38. The quantitative estimate of drug-likeness (QED) is 0.527. The minimum Gasteiger partial charge on any atom is -0.298 e. The van der Waals surface area contributed by atoms with Crippen molar-refractivity contribution in [2.45, 2.75) is 39.3 Å². The Balaban J connectivity index is 1.72. The molecule has 0 aromatic heterocycles. The van der Waals surface area contributed by atoms with Crippen LogP contribution in [0.4, 0.5) is 0 Å². The predicted octanol–water partition coefficient (Wildman–Crippen LogP) is 6.28. The molecule has 0 N–H and O–H groups in total. The third-order valence-electron chi connectivity index (χ3n) is 4.81. The van der Waals surface area contributed by atoms with E-state index in [1.165, 1.54) is 27.8 Å². The van der Waals surface area contributed by atoms with Crippen molar-refractivity contribution >= 4 is 0 Å². The number of hydrogen-bond donors (Lipinski definition) is 0. The maximum Gasteiger partial charge on any atom is 0.0240 e. The van der Waals surface area contributed by atoms with Crippen LogP contribution in [-0.2, 0) is 18.5 Å². The van der Waals surface area contributed by atoms with Gasteiger partial charge in [-0.25, -0.2) is 0 Å². The van der Waals surface area contributed by atoms with Crippen LogP contribution in [-0.4, -0.2) is 11.9 Å². The summed E-state index contributed by atoms with van der Waals surface area (Å²) in [6, 6.07) is 28.4. The summed E-state index contributed by atoms with van der Waals surface area (Å²) in [5.74, 6) is 0. The average Bonchev–Trinajstić information content (AvgIpc) is 2.62. The zero-order valence-electron chi connectivity index (χ0n) is 16.4. The monoisotopic (exact) mass is 343 g/mol. The predicted molar refractivity (Wildman–Crippen MR) is 112 cm³/mol. The van der Waals surface area contributed by atoms with Crippen LogP contribution in [0.5, 0.6) is 0 Å². The van der Waals surface area contributed by atoms with Gasteiger partial charge >= 0.3 is 0 Å². The zero-order chi connectivity index (χ0) is 18.6. The van der Waals surface area contributed by atoms with E-state index in [1.807, 2.05) is 0 Å². The van der Waals surface area contributed by atoms with Gasteiger partial charge in [-0.15, -0.1) is 0 Å². The molecule has 0 bridgehead atoms. The molecule has 3 aromatic rings. The van der Waals surface area contributed by atoms with Crippen LogP contribution in [0.15, 0.2) is 78.9 Å². The highest BCUT2D eigenvalue weighted by Crippen LogP contribution is 2.25. The Morgan fingerprint density at radius 3 is 1.96 bits per heavy atom. The van der Waals surface area contributed by atoms with Gasteiger partial charge in [-0.05, 0) is 40.3 Å². The van der Waals surface area contributed by atoms with Crippen molar-refractivity contribution in [3.05, 3.63) is 95.6 Å². The second kappa shape index (κ2) is 7.88. The molecule has 0 spiro atoms. The van der Waals surface area contributed by atoms with Crippen LogP contribution < -0.4 is 0 Å². The molecular weight excluding hydrogens is 314 g/mol. The summed E-state index contributed by atoms with van der Waals surface area (Å²) >= 11 is 0. The van der Waals surface area contributed by atoms with E-state index in [1.54, 1.807) is 0 Å². The highest BCUT2D eigenvalue weighted by molar-refractivity contribution is 5.67. The fourth-order valence-corrected chi connectivity index (χ4v) is 3.33. The highest BCUT2D eigenvalue weighted by atomic mass is 15.1. The van der Waals surface area contributed by atoms with E-state index in [0.717, 1.165) is 13.1 Å². The van der Waals surface area contributed by atoms with Gasteiger partial charge in [0.15, 0.2) is 0 Å². The molecule has 0 amide bonds. The summed E-state index contributed by atoms with van der Waals surface area (Å²) in [6.07, 6.45) is 0. The highest BCUT2D eigenvalue weighted by Gasteiger charge is 2.13. The molecule has 0 radical (unpaired) electrons. The molecule has 1 nitrogen and oxygen atoms in total. The van der Waals surface area contributed by atoms with Gasteiger partial charge < -0.3 is 0 Å². The summed E-state index contributed by atoms with van der Waals surface area (Å²) in [5.41, 5.74) is 6.93. The molecule has 3 aromatic carbocycles. The summed E-state index contributed by atoms with van der Waals surface area (Å²) in [7, 11) is 2.19. The van der Waals surface area contributed by atoms with E-state index in [9.17, 15) is 0 Å². The van der Waals surface area contributed by atoms with Crippen molar-refractivity contribution in [2.75, 3.05) is 7.05 Å². The molecule has 0 aliphatic carbocycles. The number of rotatable bonds is 5. The first kappa shape index (κ1) is 18.4. The second-order valence-corrected chi connectivity index (χ2v) is 8.14. The molecular formula is C25H29N. The van der Waals surface area contributed by atoms with E-state index in [-0.39, 0.29) is 5.41 Å². The molecule has 26 heavy (non-hydrogen) atoms. The maximum absolute atomic E-state index is 2.38. The minimum absolute atomic E-state index is 0.207. The topological polar surface area (TPSA) is 3.24 Å². The molecule has 1 heteroatoms. The first-order valence-electron chi connectivity index (χ1n) is 9.35. The molecule has 0 atom stereocenters. The largest absolute Gasteiger partial charge is 0.298 e. The lowest BCUT2D eigenvalue weighted by Gasteiger charge is -2.21. The maximum atomic E-state index is 2.38. The van der Waals surface area contributed by atoms with Crippen molar-refractivity contribution < 1.29 is 0 Å². The second-order valence-electron chi connectivity index (χ2n) is 8.14. The normalized spacial score (nSPS) is 11.7. The average molecular weight is 344 g/mol. The summed E-state index contributed by atoms with van der Waals surface area (Å²) in [4.78, 5) is 2.38. The lowest BCUT2D eigenvalue weighted by atomic mass is 9.87. The lowest BCUT2D eigenvalue weighted by Crippen LogP contribution is -2.18. The van der Waals surface area contributed by atoms with Crippen LogP contribution in [0.1, 0.15) is 37.5 Å². The molecule has 134 valence electrons. The smallest absolute Gasteiger partial charge is 0.0240 e. The molecule has 0 heterocycles. The number of hydrogen-bond acceptors (Lipinski definition) is 1. The van der Waals surface area contributed by atoms with Crippen LogP contribution in [0.3, 0.4) is 0 Å². The van der Waals surface area contributed by atoms with Crippen molar-refractivity contribution in [1.82, 2.24) is 4.90 Å². The van der Waals surface area contributed by atoms with Crippen LogP contribution >= 0.6 is 0 Å². The Kier molecular flexibility index (Phi) is 5.58. The van der Waals surface area contributed by atoms with Gasteiger partial charge in [-0.2, -0.15) is 0 Å². The lowest BCUT2D eigenvalue weighted by molar-refractivity contribution is 0.319. The minimum atomic E-state index is 0.207. The molecule has 3 rings (SSSR count). The Morgan fingerprint density at radius 2 is 1.31 bits per heavy atom. The first-order valence-corrected chi connectivity index (χ1v) is 9.35. The van der Waals surface area contributed by atoms with Gasteiger partial charge in [0.2, 0.25) is 0 Å². The molecule has 0 saturated heterocycles. The summed E-state index contributed by atoms with van der Waals surface area (Å²) in [5, 5.41) is 0.